The van der Waals surface area contributed by atoms with Gasteiger partial charge in [0.2, 0.25) is 0 Å². The Kier molecular flexibility index (Phi) is 6.91. The Labute approximate surface area is 369 Å². The second-order valence-electron chi connectivity index (χ2n) is 12.7. The summed E-state index contributed by atoms with van der Waals surface area (Å²) < 4.78 is 163. The molecule has 58 heavy (non-hydrogen) atoms. The molecule has 2 heterocycles. The minimum Gasteiger partial charge on any atom is -0.355 e. The molecule has 0 saturated carbocycles. The Bertz CT molecular complexity index is 3200. The molecule has 4 aromatic rings. The summed E-state index contributed by atoms with van der Waals surface area (Å²) in [6.45, 7) is 7.09. The van der Waals surface area contributed by atoms with E-state index in [1.807, 2.05) is 0 Å². The lowest BCUT2D eigenvalue weighted by atomic mass is 10.0. The van der Waals surface area contributed by atoms with Gasteiger partial charge < -0.3 is 20.4 Å². The number of halogens is 2. The number of thiocarbonyl (C=S) groups is 2. The fraction of sp³-hybridized carbons (Fsp3) is 0.238. The minimum atomic E-state index is -3.53. The van der Waals surface area contributed by atoms with Gasteiger partial charge in [0.1, 0.15) is 22.7 Å². The Balaban J connectivity index is 0.000000277. The maximum absolute atomic E-state index is 15.3. The van der Waals surface area contributed by atoms with Crippen molar-refractivity contribution >= 4 is 92.4 Å². The van der Waals surface area contributed by atoms with Crippen LogP contribution in [0.4, 0.5) is 42.9 Å². The molecule has 0 aromatic heterocycles. The Hall–Kier alpha value is -6.62. The number of anilines is 4. The van der Waals surface area contributed by atoms with Crippen LogP contribution in [0.3, 0.4) is 0 Å². The standard InChI is InChI=1S/2C21H19FN4O2S/c2*1-12-10-13(7-9-17(12)23-4)25-19(28)21(2,3)26(20(25)29)14-6-8-15(16(22)11-14)18(27)24-5/h2*6-11H,1-3,5H3,(H,24,27)/i5D3,6D,7D,8D,10D,11D;2D3,3D3,5D3. The number of amides is 4. The molecule has 6 rings (SSSR count). The van der Waals surface area contributed by atoms with E-state index in [9.17, 15) is 19.2 Å². The molecule has 4 aromatic carbocycles. The number of carbonyl (C=O) groups excluding carboxylic acids is 4. The molecule has 0 unspecified atom stereocenters. The van der Waals surface area contributed by atoms with E-state index in [0.717, 1.165) is 28.0 Å². The number of hydrogen-bond donors (Lipinski definition) is 2. The van der Waals surface area contributed by atoms with Crippen LogP contribution in [0.1, 0.15) is 82.7 Å². The smallest absolute Gasteiger partial charge is 0.259 e. The van der Waals surface area contributed by atoms with Crippen LogP contribution in [0.5, 0.6) is 0 Å². The Morgan fingerprint density at radius 2 is 1.28 bits per heavy atom. The number of rotatable bonds is 6. The van der Waals surface area contributed by atoms with Gasteiger partial charge in [-0.1, -0.05) is 12.1 Å². The number of hydrogen-bond acceptors (Lipinski definition) is 6. The molecule has 0 spiro atoms. The fourth-order valence-electron chi connectivity index (χ4n) is 5.75. The topological polar surface area (TPSA) is 114 Å². The summed E-state index contributed by atoms with van der Waals surface area (Å²) in [6, 6.07) is 3.85. The largest absolute Gasteiger partial charge is 0.355 e. The molecular weight excluding hydrogens is 783 g/mol. The van der Waals surface area contributed by atoms with Crippen LogP contribution in [-0.2, 0) is 9.59 Å². The molecule has 0 atom stereocenters. The van der Waals surface area contributed by atoms with Crippen molar-refractivity contribution in [2.75, 3.05) is 33.6 Å². The van der Waals surface area contributed by atoms with Crippen LogP contribution in [0.2, 0.25) is 0 Å². The summed E-state index contributed by atoms with van der Waals surface area (Å²) in [7, 11) is 0. The third-order valence-corrected chi connectivity index (χ3v) is 9.45. The predicted octanol–water partition coefficient (Wildman–Crippen LogP) is 7.92. The molecule has 2 N–H and O–H groups in total. The molecule has 16 heteroatoms. The summed E-state index contributed by atoms with van der Waals surface area (Å²) in [5.41, 5.74) is -7.39. The summed E-state index contributed by atoms with van der Waals surface area (Å²) in [6.07, 6.45) is 0. The van der Waals surface area contributed by atoms with Crippen molar-refractivity contribution in [1.82, 2.24) is 10.6 Å². The number of aryl methyl sites for hydroxylation is 1. The van der Waals surface area contributed by atoms with Crippen molar-refractivity contribution in [3.63, 3.8) is 0 Å². The summed E-state index contributed by atoms with van der Waals surface area (Å²) in [5.74, 6) is -7.96. The number of nitrogens with zero attached hydrogens (tertiary/aromatic N) is 6. The first-order chi connectivity index (χ1) is 34.2. The highest BCUT2D eigenvalue weighted by molar-refractivity contribution is 7.81. The highest BCUT2D eigenvalue weighted by Gasteiger charge is 2.51. The normalized spacial score (nSPS) is 20.6. The second kappa shape index (κ2) is 16.1. The van der Waals surface area contributed by atoms with E-state index in [1.165, 1.54) is 44.3 Å². The van der Waals surface area contributed by atoms with E-state index in [2.05, 4.69) is 9.69 Å². The average Bonchev–Trinajstić information content (AvgIpc) is 3.61. The van der Waals surface area contributed by atoms with Gasteiger partial charge in [-0.25, -0.2) is 18.5 Å². The quantitative estimate of drug-likeness (QED) is 0.149. The van der Waals surface area contributed by atoms with E-state index in [0.29, 0.717) is 21.4 Å². The lowest BCUT2D eigenvalue weighted by molar-refractivity contribution is -0.121. The van der Waals surface area contributed by atoms with Gasteiger partial charge in [0.05, 0.1) is 31.1 Å². The summed E-state index contributed by atoms with van der Waals surface area (Å²) in [4.78, 5) is 61.3. The monoisotopic (exact) mass is 837 g/mol. The lowest BCUT2D eigenvalue weighted by Crippen LogP contribution is -2.44. The van der Waals surface area contributed by atoms with Crippen LogP contribution in [0.15, 0.2) is 72.7 Å². The zero-order valence-electron chi connectivity index (χ0n) is 47.4. The van der Waals surface area contributed by atoms with Crippen molar-refractivity contribution in [3.8, 4) is 0 Å². The van der Waals surface area contributed by atoms with Crippen molar-refractivity contribution in [3.05, 3.63) is 129 Å². The highest BCUT2D eigenvalue weighted by atomic mass is 32.1. The van der Waals surface area contributed by atoms with Crippen LogP contribution >= 0.6 is 24.4 Å². The highest BCUT2D eigenvalue weighted by Crippen LogP contribution is 2.40. The molecule has 2 aliphatic heterocycles. The average molecular weight is 838 g/mol. The van der Waals surface area contributed by atoms with Gasteiger partial charge in [-0.05, 0) is 138 Å². The van der Waals surface area contributed by atoms with E-state index >= 15 is 8.78 Å². The first-order valence-corrected chi connectivity index (χ1v) is 17.1. The van der Waals surface area contributed by atoms with E-state index in [-0.39, 0.29) is 40.4 Å². The molecule has 296 valence electrons. The Morgan fingerprint density at radius 1 is 0.707 bits per heavy atom. The zero-order chi connectivity index (χ0) is 57.4. The first-order valence-electron chi connectivity index (χ1n) is 24.7. The third-order valence-electron chi connectivity index (χ3n) is 8.72. The van der Waals surface area contributed by atoms with Crippen LogP contribution in [0.25, 0.3) is 9.69 Å². The SMILES string of the molecule is [2H]C([2H])([2H])NC(=O)c1ccc(N2C(=S)N(c3ccc([N+]#[C-])c(C)c3)C(=O)C2(C([2H])([2H])[2H])C([2H])([2H])[2H])cc1F.[2H]c1cc([N+]#[C-])c(C)c([2H])c1N1C(=O)C(C)(C)N(c2c([2H])c([2H])c(C(=O)NC([2H])([2H])[2H])c(F)c2[2H])C1=S. The number of nitrogens with one attached hydrogen (secondary N) is 2. The number of benzene rings is 4. The summed E-state index contributed by atoms with van der Waals surface area (Å²) >= 11 is 10.8. The van der Waals surface area contributed by atoms with E-state index < -0.39 is 125 Å². The molecule has 4 amide bonds. The maximum Gasteiger partial charge on any atom is 0.259 e. The van der Waals surface area contributed by atoms with E-state index in [4.69, 9.17) is 60.9 Å². The van der Waals surface area contributed by atoms with Crippen LogP contribution in [0, 0.1) is 38.6 Å². The zero-order valence-corrected chi connectivity index (χ0v) is 32.1. The molecule has 0 radical (unpaired) electrons. The van der Waals surface area contributed by atoms with Crippen molar-refractivity contribution in [2.45, 2.75) is 52.5 Å². The number of carbonyl (C=O) groups is 4. The van der Waals surface area contributed by atoms with Gasteiger partial charge in [-0.2, -0.15) is 0 Å². The predicted molar refractivity (Wildman–Crippen MR) is 228 cm³/mol. The molecule has 12 nitrogen and oxygen atoms in total. The van der Waals surface area contributed by atoms with Crippen molar-refractivity contribution < 1.29 is 51.3 Å². The maximum atomic E-state index is 15.3. The van der Waals surface area contributed by atoms with Crippen molar-refractivity contribution in [2.24, 2.45) is 0 Å². The van der Waals surface area contributed by atoms with Crippen LogP contribution in [-0.4, -0.2) is 58.9 Å². The molecular formula is C42H38F2N8O4S2. The molecule has 0 aliphatic carbocycles. The molecule has 2 aliphatic rings. The third kappa shape index (κ3) is 7.35. The fourth-order valence-corrected chi connectivity index (χ4v) is 6.67. The molecule has 2 saturated heterocycles. The molecule has 2 fully saturated rings. The van der Waals surface area contributed by atoms with Crippen molar-refractivity contribution in [1.29, 1.82) is 0 Å². The van der Waals surface area contributed by atoms with Gasteiger partial charge in [0.15, 0.2) is 21.6 Å². The summed E-state index contributed by atoms with van der Waals surface area (Å²) in [5, 5.41) is 2.10. The van der Waals surface area contributed by atoms with Gasteiger partial charge in [0.25, 0.3) is 23.6 Å². The van der Waals surface area contributed by atoms with Crippen LogP contribution < -0.4 is 30.2 Å². The minimum absolute atomic E-state index is 0.0144. The van der Waals surface area contributed by atoms with Gasteiger partial charge >= 0.3 is 0 Å². The lowest BCUT2D eigenvalue weighted by Gasteiger charge is -2.29. The van der Waals surface area contributed by atoms with Gasteiger partial charge in [-0.3, -0.25) is 29.0 Å². The first kappa shape index (κ1) is 24.9. The Morgan fingerprint density at radius 3 is 1.86 bits per heavy atom. The molecule has 0 bridgehead atoms. The van der Waals surface area contributed by atoms with Gasteiger partial charge in [0, 0.05) is 53.2 Å². The van der Waals surface area contributed by atoms with Gasteiger partial charge in [-0.15, -0.1) is 0 Å². The van der Waals surface area contributed by atoms with E-state index in [1.54, 1.807) is 12.2 Å². The second-order valence-corrected chi connectivity index (χ2v) is 13.5.